The number of hydrogen-bond donors (Lipinski definition) is 0. The summed E-state index contributed by atoms with van der Waals surface area (Å²) in [7, 11) is 0. The molecule has 7 aromatic carbocycles. The summed E-state index contributed by atoms with van der Waals surface area (Å²) in [6.07, 6.45) is 4.99. The number of rotatable bonds is 7. The van der Waals surface area contributed by atoms with Gasteiger partial charge >= 0.3 is 321 Å². The Balaban J connectivity index is 1.05. The predicted octanol–water partition coefficient (Wildman–Crippen LogP) is 15.3. The fourth-order valence-electron chi connectivity index (χ4n) is 9.91. The number of benzene rings is 7. The van der Waals surface area contributed by atoms with Crippen LogP contribution in [0, 0.1) is 15.9 Å². The maximum absolute atomic E-state index is 6.80. The van der Waals surface area contributed by atoms with Gasteiger partial charge in [-0.25, -0.2) is 4.98 Å². The van der Waals surface area contributed by atoms with Crippen LogP contribution >= 0.6 is 0 Å². The molecule has 0 saturated carbocycles. The summed E-state index contributed by atoms with van der Waals surface area (Å²) >= 11 is 2.59. The molecule has 3 aromatic heterocycles. The van der Waals surface area contributed by atoms with Gasteiger partial charge in [-0.2, -0.15) is 0 Å². The first-order chi connectivity index (χ1) is 31.9. The number of aryl methyl sites for hydroxylation is 1. The molecule has 0 spiro atoms. The molecule has 0 saturated heterocycles. The predicted molar refractivity (Wildman–Crippen MR) is 267 cm³/mol. The number of fused-ring (bicyclic) bond motifs is 5. The van der Waals surface area contributed by atoms with E-state index in [4.69, 9.17) is 9.72 Å². The van der Waals surface area contributed by atoms with Crippen LogP contribution in [0.25, 0.3) is 66.6 Å². The molecule has 1 atom stereocenters. The number of hydrogen-bond acceptors (Lipinski definition) is 2. The molecule has 1 aliphatic carbocycles. The average Bonchev–Trinajstić information content (AvgIpc) is 3.81. The van der Waals surface area contributed by atoms with Crippen molar-refractivity contribution in [1.29, 1.82) is 0 Å². The first-order valence-corrected chi connectivity index (χ1v) is 24.2. The summed E-state index contributed by atoms with van der Waals surface area (Å²) in [5, 5.41) is 2.26. The van der Waals surface area contributed by atoms with Gasteiger partial charge in [-0.05, 0) is 29.2 Å². The van der Waals surface area contributed by atoms with Crippen LogP contribution in [-0.4, -0.2) is 18.7 Å². The van der Waals surface area contributed by atoms with E-state index >= 15 is 0 Å². The van der Waals surface area contributed by atoms with Crippen LogP contribution in [0.15, 0.2) is 164 Å². The van der Waals surface area contributed by atoms with Crippen LogP contribution in [0.5, 0.6) is 11.5 Å². The summed E-state index contributed by atoms with van der Waals surface area (Å²) in [6.45, 7) is 13.6. The van der Waals surface area contributed by atoms with E-state index in [1.54, 1.807) is 0 Å². The second-order valence-electron chi connectivity index (χ2n) is 19.7. The Morgan fingerprint density at radius 3 is 1.88 bits per heavy atom. The fourth-order valence-corrected chi connectivity index (χ4v) is 11.1. The van der Waals surface area contributed by atoms with E-state index in [9.17, 15) is 0 Å². The standard InChI is InChI=1S/C60H52N4O.Pt/c1-59(2,3)43-32-33-61-57(36-43)64-53-24-14-13-23-47(53)48-31-30-46(38-56(48)64)65-45-29-28-42-22-17-27-52(49(42)37-45)62-39-63(55-26-16-15-25-54(55)62)58-50(40-18-9-7-10-19-40)34-44(60(4,5)6)35-51(58)41-20-11-8-12-21-41;/h7-16,18-21,23-26,28-36,52H,17,22,27H2,1-6H3;/q-2;. The Hall–Kier alpha value is -6.55. The van der Waals surface area contributed by atoms with Crippen molar-refractivity contribution in [3.8, 4) is 45.3 Å². The van der Waals surface area contributed by atoms with Gasteiger partial charge in [0.15, 0.2) is 0 Å². The molecule has 0 fully saturated rings. The molecule has 0 N–H and O–H groups in total. The fraction of sp³-hybridized carbons (Fsp3) is 0.200. The quantitative estimate of drug-likeness (QED) is 0.149. The van der Waals surface area contributed by atoms with Crippen molar-refractivity contribution >= 4 is 32.8 Å². The van der Waals surface area contributed by atoms with Crippen LogP contribution in [-0.2, 0) is 36.6 Å². The van der Waals surface area contributed by atoms with Gasteiger partial charge in [-0.15, -0.1) is 0 Å². The first-order valence-electron chi connectivity index (χ1n) is 23.0. The number of pyridine rings is 1. The van der Waals surface area contributed by atoms with Crippen molar-refractivity contribution in [2.45, 2.75) is 77.7 Å². The number of para-hydroxylation sites is 3. The normalized spacial score (nSPS) is 14.3. The maximum atomic E-state index is 6.80. The van der Waals surface area contributed by atoms with E-state index in [2.05, 4.69) is 238 Å². The summed E-state index contributed by atoms with van der Waals surface area (Å²) in [4.78, 5) is 4.89. The zero-order chi connectivity index (χ0) is 45.3. The van der Waals surface area contributed by atoms with E-state index in [0.717, 1.165) is 50.7 Å². The van der Waals surface area contributed by atoms with Gasteiger partial charge in [0.1, 0.15) is 0 Å². The Bertz CT molecular complexity index is 3470. The molecule has 3 heterocycles. The summed E-state index contributed by atoms with van der Waals surface area (Å²) in [5.74, 6) is 2.19. The Kier molecular flexibility index (Phi) is 10.5. The molecule has 11 rings (SSSR count). The van der Waals surface area contributed by atoms with E-state index in [-0.39, 0.29) is 16.9 Å². The molecule has 1 unspecified atom stereocenters. The van der Waals surface area contributed by atoms with Crippen molar-refractivity contribution in [2.75, 3.05) is 0 Å². The minimum Gasteiger partial charge on any atom is -0.0645 e. The molecule has 66 heavy (non-hydrogen) atoms. The van der Waals surface area contributed by atoms with Gasteiger partial charge in [0.05, 0.1) is 0 Å². The minimum absolute atomic E-state index is 0.0201. The van der Waals surface area contributed by atoms with Gasteiger partial charge in [0, 0.05) is 6.20 Å². The Morgan fingerprint density at radius 2 is 1.20 bits per heavy atom. The number of imidazole rings is 1. The van der Waals surface area contributed by atoms with Crippen LogP contribution in [0.2, 0.25) is 0 Å². The van der Waals surface area contributed by atoms with E-state index in [1.165, 1.54) is 61.2 Å². The van der Waals surface area contributed by atoms with E-state index in [0.29, 0.717) is 11.5 Å². The molecule has 0 radical (unpaired) electrons. The molecule has 330 valence electrons. The van der Waals surface area contributed by atoms with E-state index < -0.39 is 0 Å². The second-order valence-corrected chi connectivity index (χ2v) is 20.7. The third-order valence-corrected chi connectivity index (χ3v) is 14.4. The molecule has 0 aliphatic heterocycles. The van der Waals surface area contributed by atoms with Gasteiger partial charge in [0.25, 0.3) is 0 Å². The molecular formula is C60H52N4OPt-2. The van der Waals surface area contributed by atoms with Crippen LogP contribution in [0.3, 0.4) is 0 Å². The van der Waals surface area contributed by atoms with Gasteiger partial charge in [0.2, 0.25) is 0 Å². The van der Waals surface area contributed by atoms with Crippen LogP contribution < -0.4 is 4.74 Å². The molecule has 10 aromatic rings. The SMILES string of the molecule is CC(C)(C)c1ccnc(-n2c3[c-]c(Oc4[c-]c5c(cc4)CCCC5n4[c](=[Pt])n(-c5c(-c6ccccc6)cc(C(C)(C)C)cc5-c5ccccc5)c5ccccc54)ccc3c3ccccc32)c1. The molecular weight excluding hydrogens is 988 g/mol. The van der Waals surface area contributed by atoms with Gasteiger partial charge in [-0.1, -0.05) is 39.0 Å². The summed E-state index contributed by atoms with van der Waals surface area (Å²) < 4.78 is 15.2. The molecule has 5 nitrogen and oxygen atoms in total. The molecule has 0 amide bonds. The summed E-state index contributed by atoms with van der Waals surface area (Å²) in [5.41, 5.74) is 15.3. The van der Waals surface area contributed by atoms with Crippen LogP contribution in [0.4, 0.5) is 0 Å². The van der Waals surface area contributed by atoms with Gasteiger partial charge < -0.3 is 0 Å². The Labute approximate surface area is 398 Å². The third-order valence-electron chi connectivity index (χ3n) is 13.3. The molecule has 1 aliphatic rings. The molecule has 6 heteroatoms. The minimum atomic E-state index is -0.0594. The van der Waals surface area contributed by atoms with Crippen molar-refractivity contribution in [2.24, 2.45) is 0 Å². The summed E-state index contributed by atoms with van der Waals surface area (Å²) in [6, 6.07) is 64.5. The van der Waals surface area contributed by atoms with Crippen molar-refractivity contribution < 1.29 is 24.1 Å². The number of ether oxygens (including phenoxy) is 1. The Morgan fingerprint density at radius 1 is 0.591 bits per heavy atom. The smallest absolute Gasteiger partial charge is 0.0645 e. The van der Waals surface area contributed by atoms with Crippen molar-refractivity contribution in [3.05, 3.63) is 202 Å². The van der Waals surface area contributed by atoms with Gasteiger partial charge in [-0.3, -0.25) is 0 Å². The van der Waals surface area contributed by atoms with Crippen LogP contribution in [0.1, 0.15) is 82.7 Å². The topological polar surface area (TPSA) is 36.9 Å². The number of aromatic nitrogens is 4. The average molecular weight is 1040 g/mol. The zero-order valence-corrected chi connectivity index (χ0v) is 40.6. The van der Waals surface area contributed by atoms with E-state index in [1.807, 2.05) is 12.3 Å². The first kappa shape index (κ1) is 42.1. The van der Waals surface area contributed by atoms with Crippen molar-refractivity contribution in [3.63, 3.8) is 0 Å². The third kappa shape index (κ3) is 7.38. The monoisotopic (exact) mass is 1040 g/mol. The van der Waals surface area contributed by atoms with Crippen molar-refractivity contribution in [1.82, 2.24) is 18.7 Å². The second kappa shape index (κ2) is 16.4. The number of nitrogens with zero attached hydrogens (tertiary/aromatic N) is 4. The zero-order valence-electron chi connectivity index (χ0n) is 38.3. The molecule has 0 bridgehead atoms.